The summed E-state index contributed by atoms with van der Waals surface area (Å²) in [6.07, 6.45) is 4.22. The van der Waals surface area contributed by atoms with E-state index in [4.69, 9.17) is 5.73 Å². The molecule has 0 bridgehead atoms. The fourth-order valence-electron chi connectivity index (χ4n) is 3.73. The van der Waals surface area contributed by atoms with Gasteiger partial charge in [0.25, 0.3) is 0 Å². The van der Waals surface area contributed by atoms with Gasteiger partial charge in [0.1, 0.15) is 5.82 Å². The van der Waals surface area contributed by atoms with Crippen molar-refractivity contribution >= 4 is 30.7 Å². The van der Waals surface area contributed by atoms with Gasteiger partial charge in [0, 0.05) is 19.6 Å². The smallest absolute Gasteiger partial charge is 0.224 e. The molecule has 0 spiro atoms. The Kier molecular flexibility index (Phi) is 8.80. The SMILES string of the molecule is CC(CN)(NC(=O)C1CCCN(Cc2cccc(F)c2)C1)C1CC1.Cl.Cl. The fraction of sp³-hybridized carbons (Fsp3) is 0.632. The maximum atomic E-state index is 13.3. The fourth-order valence-corrected chi connectivity index (χ4v) is 3.73. The second-order valence-corrected chi connectivity index (χ2v) is 7.59. The molecule has 1 saturated heterocycles. The Morgan fingerprint density at radius 1 is 1.35 bits per heavy atom. The van der Waals surface area contributed by atoms with Crippen molar-refractivity contribution in [1.29, 1.82) is 0 Å². The molecule has 3 rings (SSSR count). The van der Waals surface area contributed by atoms with Crippen molar-refractivity contribution in [1.82, 2.24) is 10.2 Å². The van der Waals surface area contributed by atoms with Crippen LogP contribution >= 0.6 is 24.8 Å². The molecular formula is C19H30Cl2FN3O. The molecule has 0 radical (unpaired) electrons. The van der Waals surface area contributed by atoms with E-state index in [9.17, 15) is 9.18 Å². The van der Waals surface area contributed by atoms with Gasteiger partial charge in [-0.05, 0) is 62.8 Å². The number of carbonyl (C=O) groups excluding carboxylic acids is 1. The van der Waals surface area contributed by atoms with Crippen LogP contribution in [0.1, 0.15) is 38.2 Å². The number of carbonyl (C=O) groups is 1. The first kappa shape index (κ1) is 23.2. The predicted octanol–water partition coefficient (Wildman–Crippen LogP) is 3.12. The molecule has 148 valence electrons. The van der Waals surface area contributed by atoms with Crippen LogP contribution in [0, 0.1) is 17.7 Å². The Labute approximate surface area is 167 Å². The van der Waals surface area contributed by atoms with Crippen LogP contribution in [0.3, 0.4) is 0 Å². The summed E-state index contributed by atoms with van der Waals surface area (Å²) in [4.78, 5) is 15.0. The van der Waals surface area contributed by atoms with Gasteiger partial charge in [0.2, 0.25) is 5.91 Å². The summed E-state index contributed by atoms with van der Waals surface area (Å²) in [5.41, 5.74) is 6.61. The predicted molar refractivity (Wildman–Crippen MR) is 107 cm³/mol. The molecule has 2 unspecified atom stereocenters. The zero-order chi connectivity index (χ0) is 17.2. The summed E-state index contributed by atoms with van der Waals surface area (Å²) in [6.45, 7) is 4.93. The number of benzene rings is 1. The van der Waals surface area contributed by atoms with Gasteiger partial charge < -0.3 is 11.1 Å². The second-order valence-electron chi connectivity index (χ2n) is 7.59. The van der Waals surface area contributed by atoms with Gasteiger partial charge in [-0.2, -0.15) is 0 Å². The molecule has 1 aliphatic carbocycles. The molecular weight excluding hydrogens is 376 g/mol. The number of halogens is 3. The van der Waals surface area contributed by atoms with Crippen LogP contribution in [0.5, 0.6) is 0 Å². The number of hydrogen-bond donors (Lipinski definition) is 2. The average Bonchev–Trinajstić information content (AvgIpc) is 3.40. The molecule has 1 saturated carbocycles. The summed E-state index contributed by atoms with van der Waals surface area (Å²) in [5.74, 6) is 0.441. The highest BCUT2D eigenvalue weighted by Gasteiger charge is 2.42. The minimum atomic E-state index is -0.262. The van der Waals surface area contributed by atoms with Gasteiger partial charge in [-0.3, -0.25) is 9.69 Å². The molecule has 2 atom stereocenters. The van der Waals surface area contributed by atoms with Crippen LogP contribution in [0.15, 0.2) is 24.3 Å². The monoisotopic (exact) mass is 405 g/mol. The van der Waals surface area contributed by atoms with Gasteiger partial charge in [0.05, 0.1) is 11.5 Å². The number of rotatable bonds is 6. The van der Waals surface area contributed by atoms with Crippen molar-refractivity contribution in [3.63, 3.8) is 0 Å². The Balaban J connectivity index is 0.00000169. The highest BCUT2D eigenvalue weighted by Crippen LogP contribution is 2.39. The summed E-state index contributed by atoms with van der Waals surface area (Å²) < 4.78 is 13.3. The largest absolute Gasteiger partial charge is 0.349 e. The number of nitrogens with one attached hydrogen (secondary N) is 1. The van der Waals surface area contributed by atoms with Crippen molar-refractivity contribution in [2.45, 2.75) is 44.7 Å². The maximum Gasteiger partial charge on any atom is 0.224 e. The van der Waals surface area contributed by atoms with Crippen molar-refractivity contribution in [2.24, 2.45) is 17.6 Å². The van der Waals surface area contributed by atoms with Gasteiger partial charge in [-0.25, -0.2) is 4.39 Å². The lowest BCUT2D eigenvalue weighted by molar-refractivity contribution is -0.128. The highest BCUT2D eigenvalue weighted by atomic mass is 35.5. The summed E-state index contributed by atoms with van der Waals surface area (Å²) >= 11 is 0. The lowest BCUT2D eigenvalue weighted by atomic mass is 9.92. The molecule has 0 aromatic heterocycles. The van der Waals surface area contributed by atoms with E-state index in [1.807, 2.05) is 6.07 Å². The molecule has 1 amide bonds. The molecule has 1 aromatic carbocycles. The minimum Gasteiger partial charge on any atom is -0.349 e. The van der Waals surface area contributed by atoms with Gasteiger partial charge in [-0.15, -0.1) is 24.8 Å². The minimum absolute atomic E-state index is 0. The third-order valence-electron chi connectivity index (χ3n) is 5.48. The lowest BCUT2D eigenvalue weighted by Crippen LogP contribution is -2.56. The summed E-state index contributed by atoms with van der Waals surface area (Å²) in [6, 6.07) is 6.70. The number of amides is 1. The van der Waals surface area contributed by atoms with Crippen molar-refractivity contribution in [3.8, 4) is 0 Å². The molecule has 7 heteroatoms. The normalized spacial score (nSPS) is 22.5. The summed E-state index contributed by atoms with van der Waals surface area (Å²) in [5, 5.41) is 3.22. The molecule has 1 heterocycles. The van der Waals surface area contributed by atoms with Gasteiger partial charge >= 0.3 is 0 Å². The zero-order valence-corrected chi connectivity index (χ0v) is 16.9. The van der Waals surface area contributed by atoms with E-state index in [-0.39, 0.29) is 48.0 Å². The second kappa shape index (κ2) is 9.88. The van der Waals surface area contributed by atoms with E-state index in [0.717, 1.165) is 44.3 Å². The quantitative estimate of drug-likeness (QED) is 0.763. The first-order valence-corrected chi connectivity index (χ1v) is 8.99. The Morgan fingerprint density at radius 2 is 2.08 bits per heavy atom. The number of likely N-dealkylation sites (tertiary alicyclic amines) is 1. The van der Waals surface area contributed by atoms with E-state index in [0.29, 0.717) is 19.0 Å². The number of piperidine rings is 1. The van der Waals surface area contributed by atoms with E-state index in [1.165, 1.54) is 6.07 Å². The van der Waals surface area contributed by atoms with E-state index < -0.39 is 0 Å². The lowest BCUT2D eigenvalue weighted by Gasteiger charge is -2.36. The van der Waals surface area contributed by atoms with Gasteiger partial charge in [-0.1, -0.05) is 12.1 Å². The number of nitrogens with zero attached hydrogens (tertiary/aromatic N) is 1. The average molecular weight is 406 g/mol. The van der Waals surface area contributed by atoms with Crippen LogP contribution in [-0.4, -0.2) is 36.0 Å². The molecule has 1 aromatic rings. The summed E-state index contributed by atoms with van der Waals surface area (Å²) in [7, 11) is 0. The molecule has 2 aliphatic rings. The molecule has 3 N–H and O–H groups in total. The van der Waals surface area contributed by atoms with Crippen molar-refractivity contribution < 1.29 is 9.18 Å². The van der Waals surface area contributed by atoms with Crippen LogP contribution in [-0.2, 0) is 11.3 Å². The molecule has 26 heavy (non-hydrogen) atoms. The topological polar surface area (TPSA) is 58.4 Å². The standard InChI is InChI=1S/C19H28FN3O.2ClH/c1-19(13-21,16-7-8-16)22-18(24)15-5-3-9-23(12-15)11-14-4-2-6-17(20)10-14;;/h2,4,6,10,15-16H,3,5,7-9,11-13,21H2,1H3,(H,22,24);2*1H. The van der Waals surface area contributed by atoms with Crippen LogP contribution < -0.4 is 11.1 Å². The number of hydrogen-bond acceptors (Lipinski definition) is 3. The molecule has 2 fully saturated rings. The van der Waals surface area contributed by atoms with Crippen LogP contribution in [0.2, 0.25) is 0 Å². The third-order valence-corrected chi connectivity index (χ3v) is 5.48. The van der Waals surface area contributed by atoms with Crippen molar-refractivity contribution in [2.75, 3.05) is 19.6 Å². The number of nitrogens with two attached hydrogens (primary N) is 1. The molecule has 4 nitrogen and oxygen atoms in total. The zero-order valence-electron chi connectivity index (χ0n) is 15.2. The van der Waals surface area contributed by atoms with Gasteiger partial charge in [0.15, 0.2) is 0 Å². The highest BCUT2D eigenvalue weighted by molar-refractivity contribution is 5.85. The van der Waals surface area contributed by atoms with E-state index in [2.05, 4.69) is 17.1 Å². The van der Waals surface area contributed by atoms with E-state index >= 15 is 0 Å². The first-order valence-electron chi connectivity index (χ1n) is 8.99. The van der Waals surface area contributed by atoms with Crippen LogP contribution in [0.4, 0.5) is 4.39 Å². The third kappa shape index (κ3) is 5.81. The van der Waals surface area contributed by atoms with Crippen molar-refractivity contribution in [3.05, 3.63) is 35.6 Å². The first-order chi connectivity index (χ1) is 11.5. The Bertz CT molecular complexity index is 600. The maximum absolute atomic E-state index is 13.3. The van der Waals surface area contributed by atoms with E-state index in [1.54, 1.807) is 12.1 Å². The Hall–Kier alpha value is -0.880. The Morgan fingerprint density at radius 3 is 2.69 bits per heavy atom. The molecule has 1 aliphatic heterocycles. The van der Waals surface area contributed by atoms with Crippen LogP contribution in [0.25, 0.3) is 0 Å².